The summed E-state index contributed by atoms with van der Waals surface area (Å²) in [7, 11) is -1.85. The van der Waals surface area contributed by atoms with Crippen molar-refractivity contribution in [1.29, 1.82) is 0 Å². The maximum Gasteiger partial charge on any atom is 0.113 e. The van der Waals surface area contributed by atoms with E-state index in [0.29, 0.717) is 0 Å². The highest BCUT2D eigenvalue weighted by atomic mass is 32.1. The van der Waals surface area contributed by atoms with Crippen molar-refractivity contribution in [3.05, 3.63) is 152 Å². The third-order valence-corrected chi connectivity index (χ3v) is 14.3. The smallest absolute Gasteiger partial charge is 0.113 e. The molecule has 1 aliphatic heterocycles. The largest absolute Gasteiger partial charge is 0.310 e. The van der Waals surface area contributed by atoms with Crippen LogP contribution >= 0.6 is 11.3 Å². The molecule has 45 heavy (non-hydrogen) atoms. The number of rotatable bonds is 4. The molecule has 0 aliphatic carbocycles. The van der Waals surface area contributed by atoms with E-state index in [2.05, 4.69) is 170 Å². The van der Waals surface area contributed by atoms with Crippen molar-refractivity contribution < 1.29 is 0 Å². The van der Waals surface area contributed by atoms with Crippen LogP contribution in [-0.2, 0) is 0 Å². The molecule has 0 N–H and O–H groups in total. The number of hydrogen-bond donors (Lipinski definition) is 0. The molecule has 3 heteroatoms. The minimum Gasteiger partial charge on any atom is -0.310 e. The molecule has 214 valence electrons. The van der Waals surface area contributed by atoms with Crippen LogP contribution in [0.2, 0.25) is 13.1 Å². The highest BCUT2D eigenvalue weighted by Gasteiger charge is 2.39. The molecule has 0 saturated carbocycles. The lowest BCUT2D eigenvalue weighted by atomic mass is 9.98. The first-order valence-electron chi connectivity index (χ1n) is 15.6. The molecule has 0 spiro atoms. The van der Waals surface area contributed by atoms with Gasteiger partial charge >= 0.3 is 0 Å². The molecule has 1 nitrogen and oxygen atoms in total. The molecule has 1 aromatic heterocycles. The number of nitrogens with zero attached hydrogens (tertiary/aromatic N) is 1. The van der Waals surface area contributed by atoms with Crippen LogP contribution in [0, 0.1) is 0 Å². The molecule has 0 saturated heterocycles. The SMILES string of the molecule is C[Si]1(C)c2ccc(N(c3ccccc3)c3ccc(-c4ccc5ccccc5c4)cc3)cc2-c2c1ccc1sc3ccccc3c21. The zero-order chi connectivity index (χ0) is 30.1. The Hall–Kier alpha value is -4.96. The number of para-hydroxylation sites is 1. The van der Waals surface area contributed by atoms with Crippen molar-refractivity contribution in [2.24, 2.45) is 0 Å². The molecule has 0 bridgehead atoms. The van der Waals surface area contributed by atoms with E-state index < -0.39 is 8.07 Å². The van der Waals surface area contributed by atoms with E-state index in [4.69, 9.17) is 0 Å². The summed E-state index contributed by atoms with van der Waals surface area (Å²) in [6.07, 6.45) is 0. The lowest BCUT2D eigenvalue weighted by molar-refractivity contribution is 1.29. The second-order valence-corrected chi connectivity index (χ2v) is 18.0. The summed E-state index contributed by atoms with van der Waals surface area (Å²) in [6, 6.07) is 56.1. The molecule has 0 fully saturated rings. The number of anilines is 3. The van der Waals surface area contributed by atoms with Gasteiger partial charge in [-0.2, -0.15) is 0 Å². The molecule has 0 atom stereocenters. The molecule has 0 amide bonds. The summed E-state index contributed by atoms with van der Waals surface area (Å²) in [5.41, 5.74) is 8.82. The molecule has 1 aliphatic rings. The van der Waals surface area contributed by atoms with Gasteiger partial charge < -0.3 is 4.90 Å². The van der Waals surface area contributed by atoms with Crippen molar-refractivity contribution in [2.75, 3.05) is 4.90 Å². The Morgan fingerprint density at radius 3 is 2.00 bits per heavy atom. The summed E-state index contributed by atoms with van der Waals surface area (Å²) in [5.74, 6) is 0. The molecule has 9 rings (SSSR count). The van der Waals surface area contributed by atoms with E-state index in [0.717, 1.165) is 11.4 Å². The van der Waals surface area contributed by atoms with E-state index in [1.165, 1.54) is 64.1 Å². The molecule has 8 aromatic rings. The standard InChI is InChI=1S/C42H31NSSi/c1-45(2)39-24-22-34(27-36(39)42-40(45)25-23-38-41(42)35-14-8-9-15-37(35)44-38)43(32-12-4-3-5-13-32)33-20-18-29(19-21-33)31-17-16-28-10-6-7-11-30(28)26-31/h3-27H,1-2H3. The van der Waals surface area contributed by atoms with Gasteiger partial charge in [0.25, 0.3) is 0 Å². The van der Waals surface area contributed by atoms with Crippen LogP contribution in [-0.4, -0.2) is 8.07 Å². The van der Waals surface area contributed by atoms with Gasteiger partial charge in [0, 0.05) is 37.2 Å². The van der Waals surface area contributed by atoms with Gasteiger partial charge in [0.15, 0.2) is 0 Å². The van der Waals surface area contributed by atoms with Gasteiger partial charge in [0.2, 0.25) is 0 Å². The normalized spacial score (nSPS) is 13.3. The van der Waals surface area contributed by atoms with Crippen molar-refractivity contribution in [1.82, 2.24) is 0 Å². The quantitative estimate of drug-likeness (QED) is 0.179. The summed E-state index contributed by atoms with van der Waals surface area (Å²) >= 11 is 1.91. The van der Waals surface area contributed by atoms with E-state index in [1.807, 2.05) is 11.3 Å². The summed E-state index contributed by atoms with van der Waals surface area (Å²) < 4.78 is 2.74. The minimum absolute atomic E-state index is 1.15. The molecule has 0 unspecified atom stereocenters. The fourth-order valence-electron chi connectivity index (χ4n) is 7.38. The monoisotopic (exact) mass is 609 g/mol. The Morgan fingerprint density at radius 2 is 1.16 bits per heavy atom. The van der Waals surface area contributed by atoms with Gasteiger partial charge in [0.05, 0.1) is 0 Å². The molecular weight excluding hydrogens is 579 g/mol. The van der Waals surface area contributed by atoms with Crippen LogP contribution in [0.5, 0.6) is 0 Å². The first kappa shape index (κ1) is 26.4. The second-order valence-electron chi connectivity index (χ2n) is 12.6. The van der Waals surface area contributed by atoms with Crippen molar-refractivity contribution in [2.45, 2.75) is 13.1 Å². The van der Waals surface area contributed by atoms with E-state index in [1.54, 1.807) is 5.19 Å². The fourth-order valence-corrected chi connectivity index (χ4v) is 11.5. The van der Waals surface area contributed by atoms with Crippen LogP contribution in [0.1, 0.15) is 0 Å². The Morgan fingerprint density at radius 1 is 0.489 bits per heavy atom. The summed E-state index contributed by atoms with van der Waals surface area (Å²) in [6.45, 7) is 5.02. The van der Waals surface area contributed by atoms with Crippen LogP contribution in [0.4, 0.5) is 17.1 Å². The molecule has 0 radical (unpaired) electrons. The number of hydrogen-bond acceptors (Lipinski definition) is 2. The lowest BCUT2D eigenvalue weighted by Crippen LogP contribution is -2.49. The topological polar surface area (TPSA) is 3.24 Å². The van der Waals surface area contributed by atoms with Crippen LogP contribution in [0.15, 0.2) is 152 Å². The molecule has 2 heterocycles. The predicted molar refractivity (Wildman–Crippen MR) is 199 cm³/mol. The van der Waals surface area contributed by atoms with Gasteiger partial charge in [-0.1, -0.05) is 110 Å². The zero-order valence-electron chi connectivity index (χ0n) is 25.3. The van der Waals surface area contributed by atoms with Crippen LogP contribution in [0.25, 0.3) is 53.2 Å². The van der Waals surface area contributed by atoms with Gasteiger partial charge in [0.1, 0.15) is 8.07 Å². The zero-order valence-corrected chi connectivity index (χ0v) is 27.1. The molecular formula is C42H31NSSi. The number of fused-ring (bicyclic) bond motifs is 8. The fraction of sp³-hybridized carbons (Fsp3) is 0.0476. The second kappa shape index (κ2) is 10.0. The highest BCUT2D eigenvalue weighted by molar-refractivity contribution is 7.26. The Bertz CT molecular complexity index is 2400. The Balaban J connectivity index is 1.20. The lowest BCUT2D eigenvalue weighted by Gasteiger charge is -2.27. The average Bonchev–Trinajstić information content (AvgIpc) is 3.57. The third-order valence-electron chi connectivity index (χ3n) is 9.64. The average molecular weight is 610 g/mol. The van der Waals surface area contributed by atoms with Gasteiger partial charge in [-0.3, -0.25) is 0 Å². The number of thiophene rings is 1. The van der Waals surface area contributed by atoms with E-state index in [-0.39, 0.29) is 0 Å². The predicted octanol–water partition coefficient (Wildman–Crippen LogP) is 11.1. The van der Waals surface area contributed by atoms with Gasteiger partial charge in [-0.25, -0.2) is 0 Å². The van der Waals surface area contributed by atoms with Crippen molar-refractivity contribution in [3.8, 4) is 22.3 Å². The van der Waals surface area contributed by atoms with Crippen LogP contribution in [0.3, 0.4) is 0 Å². The first-order valence-corrected chi connectivity index (χ1v) is 19.4. The van der Waals surface area contributed by atoms with Crippen LogP contribution < -0.4 is 15.3 Å². The third kappa shape index (κ3) is 4.12. The molecule has 7 aromatic carbocycles. The highest BCUT2D eigenvalue weighted by Crippen LogP contribution is 2.44. The first-order chi connectivity index (χ1) is 22.1. The maximum absolute atomic E-state index is 2.51. The summed E-state index contributed by atoms with van der Waals surface area (Å²) in [4.78, 5) is 2.41. The van der Waals surface area contributed by atoms with E-state index in [9.17, 15) is 0 Å². The summed E-state index contributed by atoms with van der Waals surface area (Å²) in [5, 5.41) is 8.42. The Labute approximate surface area is 268 Å². The van der Waals surface area contributed by atoms with Crippen molar-refractivity contribution >= 4 is 77.8 Å². The minimum atomic E-state index is -1.85. The van der Waals surface area contributed by atoms with E-state index >= 15 is 0 Å². The number of benzene rings is 7. The maximum atomic E-state index is 2.51. The van der Waals surface area contributed by atoms with Gasteiger partial charge in [-0.15, -0.1) is 11.3 Å². The Kier molecular flexibility index (Phi) is 5.89. The van der Waals surface area contributed by atoms with Crippen molar-refractivity contribution in [3.63, 3.8) is 0 Å². The van der Waals surface area contributed by atoms with Gasteiger partial charge in [-0.05, 0) is 98.0 Å².